The highest BCUT2D eigenvalue weighted by molar-refractivity contribution is 5.95. The van der Waals surface area contributed by atoms with E-state index in [9.17, 15) is 14.7 Å². The van der Waals surface area contributed by atoms with Gasteiger partial charge in [0, 0.05) is 5.92 Å². The number of carboxylic acid groups (broad SMARTS) is 1. The predicted molar refractivity (Wildman–Crippen MR) is 69.2 cm³/mol. The van der Waals surface area contributed by atoms with Crippen molar-refractivity contribution in [1.29, 1.82) is 0 Å². The minimum atomic E-state index is -1.20. The molecule has 5 heteroatoms. The number of methoxy groups -OCH3 is 1. The van der Waals surface area contributed by atoms with Crippen molar-refractivity contribution in [2.75, 3.05) is 13.7 Å². The lowest BCUT2D eigenvalue weighted by Crippen LogP contribution is -2.30. The van der Waals surface area contributed by atoms with Crippen LogP contribution in [-0.4, -0.2) is 30.8 Å². The highest BCUT2D eigenvalue weighted by atomic mass is 16.5. The van der Waals surface area contributed by atoms with Crippen LogP contribution in [0, 0.1) is 5.92 Å². The molecule has 1 rings (SSSR count). The molecule has 0 spiro atoms. The Balaban J connectivity index is 2.95. The third kappa shape index (κ3) is 3.71. The molecule has 5 nitrogen and oxygen atoms in total. The first-order valence-corrected chi connectivity index (χ1v) is 6.04. The molecule has 0 fully saturated rings. The van der Waals surface area contributed by atoms with Crippen LogP contribution in [0.5, 0.6) is 5.75 Å². The Morgan fingerprint density at radius 2 is 1.84 bits per heavy atom. The molecule has 1 aromatic rings. The van der Waals surface area contributed by atoms with Gasteiger partial charge in [-0.25, -0.2) is 0 Å². The second-order valence-electron chi connectivity index (χ2n) is 4.13. The monoisotopic (exact) mass is 266 g/mol. The Hall–Kier alpha value is -2.04. The van der Waals surface area contributed by atoms with Crippen LogP contribution in [0.2, 0.25) is 0 Å². The Kier molecular flexibility index (Phi) is 5.36. The summed E-state index contributed by atoms with van der Waals surface area (Å²) >= 11 is 0. The minimum absolute atomic E-state index is 0.165. The predicted octanol–water partition coefficient (Wildman–Crippen LogP) is 2.06. The minimum Gasteiger partial charge on any atom is -0.497 e. The molecule has 1 aromatic carbocycles. The zero-order chi connectivity index (χ0) is 14.4. The van der Waals surface area contributed by atoms with E-state index >= 15 is 0 Å². The lowest BCUT2D eigenvalue weighted by Gasteiger charge is -2.19. The molecule has 104 valence electrons. The van der Waals surface area contributed by atoms with Crippen LogP contribution >= 0.6 is 0 Å². The van der Waals surface area contributed by atoms with E-state index in [0.717, 1.165) is 5.56 Å². The van der Waals surface area contributed by atoms with Gasteiger partial charge in [-0.2, -0.15) is 0 Å². The maximum atomic E-state index is 11.7. The summed E-state index contributed by atoms with van der Waals surface area (Å²) in [6.07, 6.45) is 0. The van der Waals surface area contributed by atoms with Gasteiger partial charge in [0.2, 0.25) is 0 Å². The van der Waals surface area contributed by atoms with E-state index in [1.165, 1.54) is 0 Å². The van der Waals surface area contributed by atoms with Crippen LogP contribution in [0.4, 0.5) is 0 Å². The maximum absolute atomic E-state index is 11.7. The van der Waals surface area contributed by atoms with Crippen LogP contribution < -0.4 is 4.74 Å². The molecule has 2 atom stereocenters. The third-order valence-electron chi connectivity index (χ3n) is 2.95. The first-order chi connectivity index (χ1) is 9.01. The molecule has 0 saturated carbocycles. The SMILES string of the molecule is CCOC(=O)C(C(=O)O)C(C)c1ccc(OC)cc1. The van der Waals surface area contributed by atoms with E-state index in [-0.39, 0.29) is 6.61 Å². The lowest BCUT2D eigenvalue weighted by molar-refractivity contribution is -0.159. The molecule has 2 unspecified atom stereocenters. The van der Waals surface area contributed by atoms with Crippen molar-refractivity contribution in [3.63, 3.8) is 0 Å². The van der Waals surface area contributed by atoms with Gasteiger partial charge in [0.05, 0.1) is 13.7 Å². The van der Waals surface area contributed by atoms with E-state index in [0.29, 0.717) is 5.75 Å². The molecule has 0 heterocycles. The smallest absolute Gasteiger partial charge is 0.320 e. The Bertz CT molecular complexity index is 438. The number of ether oxygens (including phenoxy) is 2. The van der Waals surface area contributed by atoms with E-state index in [1.54, 1.807) is 45.2 Å². The van der Waals surface area contributed by atoms with Gasteiger partial charge in [-0.1, -0.05) is 19.1 Å². The molecule has 0 aliphatic carbocycles. The van der Waals surface area contributed by atoms with Gasteiger partial charge < -0.3 is 14.6 Å². The van der Waals surface area contributed by atoms with Crippen molar-refractivity contribution < 1.29 is 24.2 Å². The molecular formula is C14H18O5. The first kappa shape index (κ1) is 15.0. The zero-order valence-corrected chi connectivity index (χ0v) is 11.3. The fourth-order valence-corrected chi connectivity index (χ4v) is 1.85. The summed E-state index contributed by atoms with van der Waals surface area (Å²) < 4.78 is 9.84. The highest BCUT2D eigenvalue weighted by Crippen LogP contribution is 2.27. The van der Waals surface area contributed by atoms with Crippen LogP contribution in [0.3, 0.4) is 0 Å². The molecule has 0 aliphatic heterocycles. The molecule has 0 radical (unpaired) electrons. The summed E-state index contributed by atoms with van der Waals surface area (Å²) in [4.78, 5) is 22.9. The fourth-order valence-electron chi connectivity index (χ4n) is 1.85. The quantitative estimate of drug-likeness (QED) is 0.630. The van der Waals surface area contributed by atoms with Gasteiger partial charge >= 0.3 is 11.9 Å². The normalized spacial score (nSPS) is 13.4. The topological polar surface area (TPSA) is 72.8 Å². The summed E-state index contributed by atoms with van der Waals surface area (Å²) in [5, 5.41) is 9.18. The van der Waals surface area contributed by atoms with Gasteiger partial charge in [0.15, 0.2) is 5.92 Å². The summed E-state index contributed by atoms with van der Waals surface area (Å²) in [5.74, 6) is -2.88. The average molecular weight is 266 g/mol. The second-order valence-corrected chi connectivity index (χ2v) is 4.13. The molecule has 0 aromatic heterocycles. The van der Waals surface area contributed by atoms with Gasteiger partial charge in [0.25, 0.3) is 0 Å². The standard InChI is InChI=1S/C14H18O5/c1-4-19-14(17)12(13(15)16)9(2)10-5-7-11(18-3)8-6-10/h5-9,12H,4H2,1-3H3,(H,15,16). The lowest BCUT2D eigenvalue weighted by atomic mass is 9.87. The van der Waals surface area contributed by atoms with Gasteiger partial charge in [0.1, 0.15) is 5.75 Å². The molecule has 19 heavy (non-hydrogen) atoms. The largest absolute Gasteiger partial charge is 0.497 e. The Morgan fingerprint density at radius 1 is 1.26 bits per heavy atom. The van der Waals surface area contributed by atoms with Crippen LogP contribution in [0.1, 0.15) is 25.3 Å². The number of benzene rings is 1. The fraction of sp³-hybridized carbons (Fsp3) is 0.429. The number of hydrogen-bond donors (Lipinski definition) is 1. The number of hydrogen-bond acceptors (Lipinski definition) is 4. The van der Waals surface area contributed by atoms with Crippen LogP contribution in [-0.2, 0) is 14.3 Å². The van der Waals surface area contributed by atoms with Gasteiger partial charge in [-0.15, -0.1) is 0 Å². The Morgan fingerprint density at radius 3 is 2.26 bits per heavy atom. The number of esters is 1. The van der Waals surface area contributed by atoms with Crippen molar-refractivity contribution >= 4 is 11.9 Å². The van der Waals surface area contributed by atoms with Gasteiger partial charge in [-0.05, 0) is 24.6 Å². The summed E-state index contributed by atoms with van der Waals surface area (Å²) in [5.41, 5.74) is 0.751. The summed E-state index contributed by atoms with van der Waals surface area (Å²) in [7, 11) is 1.55. The second kappa shape index (κ2) is 6.78. The van der Waals surface area contributed by atoms with Crippen molar-refractivity contribution in [2.45, 2.75) is 19.8 Å². The van der Waals surface area contributed by atoms with E-state index in [4.69, 9.17) is 9.47 Å². The molecule has 0 amide bonds. The average Bonchev–Trinajstić information content (AvgIpc) is 2.38. The summed E-state index contributed by atoms with van der Waals surface area (Å²) in [6.45, 7) is 3.50. The molecule has 0 bridgehead atoms. The van der Waals surface area contributed by atoms with Gasteiger partial charge in [-0.3, -0.25) is 9.59 Å². The maximum Gasteiger partial charge on any atom is 0.320 e. The zero-order valence-electron chi connectivity index (χ0n) is 11.3. The van der Waals surface area contributed by atoms with Crippen molar-refractivity contribution in [3.8, 4) is 5.75 Å². The highest BCUT2D eigenvalue weighted by Gasteiger charge is 2.34. The molecular weight excluding hydrogens is 248 g/mol. The Labute approximate surface area is 112 Å². The summed E-state index contributed by atoms with van der Waals surface area (Å²) in [6, 6.07) is 6.96. The van der Waals surface area contributed by atoms with Crippen molar-refractivity contribution in [1.82, 2.24) is 0 Å². The van der Waals surface area contributed by atoms with E-state index in [1.807, 2.05) is 0 Å². The first-order valence-electron chi connectivity index (χ1n) is 6.04. The number of rotatable bonds is 6. The van der Waals surface area contributed by atoms with Crippen LogP contribution in [0.25, 0.3) is 0 Å². The van der Waals surface area contributed by atoms with Crippen molar-refractivity contribution in [3.05, 3.63) is 29.8 Å². The molecule has 0 aliphatic rings. The number of aliphatic carboxylic acids is 1. The van der Waals surface area contributed by atoms with Crippen molar-refractivity contribution in [2.24, 2.45) is 5.92 Å². The third-order valence-corrected chi connectivity index (χ3v) is 2.95. The van der Waals surface area contributed by atoms with Crippen LogP contribution in [0.15, 0.2) is 24.3 Å². The number of carbonyl (C=O) groups excluding carboxylic acids is 1. The molecule has 1 N–H and O–H groups in total. The number of carbonyl (C=O) groups is 2. The van der Waals surface area contributed by atoms with E-state index < -0.39 is 23.8 Å². The molecule has 0 saturated heterocycles. The van der Waals surface area contributed by atoms with E-state index in [2.05, 4.69) is 0 Å². The number of carboxylic acids is 1.